The summed E-state index contributed by atoms with van der Waals surface area (Å²) >= 11 is 7.13. The lowest BCUT2D eigenvalue weighted by Gasteiger charge is -2.27. The van der Waals surface area contributed by atoms with E-state index < -0.39 is 16.1 Å². The van der Waals surface area contributed by atoms with Gasteiger partial charge >= 0.3 is 0 Å². The smallest absolute Gasteiger partial charge is 0.243 e. The van der Waals surface area contributed by atoms with Crippen molar-refractivity contribution in [2.45, 2.75) is 43.4 Å². The summed E-state index contributed by atoms with van der Waals surface area (Å²) in [6.45, 7) is 3.02. The normalized spacial score (nSPS) is 17.4. The molecule has 2 heterocycles. The molecule has 190 valence electrons. The van der Waals surface area contributed by atoms with Crippen LogP contribution in [0.2, 0.25) is 0 Å². The lowest BCUT2D eigenvalue weighted by Crippen LogP contribution is -2.43. The fourth-order valence-corrected chi connectivity index (χ4v) is 7.13. The van der Waals surface area contributed by atoms with Crippen LogP contribution in [0.1, 0.15) is 18.4 Å². The SMILES string of the molecule is Cc1ccc(S(=O)(=O)N(CC(O)Cn2c3ccc(Br)cc3c3cc(Br)ccc32)CC2CCCO2)cc1. The number of rotatable bonds is 8. The quantitative estimate of drug-likeness (QED) is 0.263. The number of nitrogens with zero attached hydrogens (tertiary/aromatic N) is 2. The van der Waals surface area contributed by atoms with Crippen molar-refractivity contribution in [2.75, 3.05) is 19.7 Å². The van der Waals surface area contributed by atoms with E-state index in [2.05, 4.69) is 48.6 Å². The summed E-state index contributed by atoms with van der Waals surface area (Å²) in [4.78, 5) is 0.227. The van der Waals surface area contributed by atoms with Gasteiger partial charge in [0.15, 0.2) is 0 Å². The number of benzene rings is 3. The first-order chi connectivity index (χ1) is 17.2. The van der Waals surface area contributed by atoms with Crippen LogP contribution < -0.4 is 0 Å². The molecule has 0 aliphatic carbocycles. The summed E-state index contributed by atoms with van der Waals surface area (Å²) in [5, 5.41) is 13.4. The summed E-state index contributed by atoms with van der Waals surface area (Å²) in [7, 11) is -3.80. The minimum atomic E-state index is -3.80. The van der Waals surface area contributed by atoms with Crippen LogP contribution in [0.3, 0.4) is 0 Å². The van der Waals surface area contributed by atoms with Crippen LogP contribution in [0.4, 0.5) is 0 Å². The summed E-state index contributed by atoms with van der Waals surface area (Å²) in [6, 6.07) is 19.0. The molecule has 0 amide bonds. The van der Waals surface area contributed by atoms with Crippen molar-refractivity contribution in [2.24, 2.45) is 0 Å². The van der Waals surface area contributed by atoms with Gasteiger partial charge < -0.3 is 14.4 Å². The Kier molecular flexibility index (Phi) is 7.59. The zero-order chi connectivity index (χ0) is 25.4. The largest absolute Gasteiger partial charge is 0.390 e. The Morgan fingerprint density at radius 3 is 2.19 bits per heavy atom. The van der Waals surface area contributed by atoms with Crippen LogP contribution in [0.15, 0.2) is 74.5 Å². The fourth-order valence-electron chi connectivity index (χ4n) is 4.89. The molecule has 1 fully saturated rings. The molecule has 0 spiro atoms. The molecular formula is C27H28Br2N2O4S. The van der Waals surface area contributed by atoms with Crippen molar-refractivity contribution in [1.29, 1.82) is 0 Å². The second-order valence-corrected chi connectivity index (χ2v) is 13.1. The highest BCUT2D eigenvalue weighted by Crippen LogP contribution is 2.33. The molecular weight excluding hydrogens is 608 g/mol. The highest BCUT2D eigenvalue weighted by molar-refractivity contribution is 9.10. The first-order valence-corrected chi connectivity index (χ1v) is 15.0. The molecule has 9 heteroatoms. The van der Waals surface area contributed by atoms with E-state index in [1.807, 2.05) is 31.2 Å². The summed E-state index contributed by atoms with van der Waals surface area (Å²) in [5.74, 6) is 0. The number of fused-ring (bicyclic) bond motifs is 3. The number of hydrogen-bond donors (Lipinski definition) is 1. The van der Waals surface area contributed by atoms with Gasteiger partial charge in [-0.25, -0.2) is 8.42 Å². The number of halogens is 2. The van der Waals surface area contributed by atoms with Crippen molar-refractivity contribution < 1.29 is 18.3 Å². The van der Waals surface area contributed by atoms with Crippen LogP contribution in [0.5, 0.6) is 0 Å². The average Bonchev–Trinajstić information content (AvgIpc) is 3.45. The van der Waals surface area contributed by atoms with Crippen molar-refractivity contribution in [1.82, 2.24) is 8.87 Å². The van der Waals surface area contributed by atoms with Crippen molar-refractivity contribution in [3.05, 3.63) is 75.2 Å². The molecule has 6 nitrogen and oxygen atoms in total. The third-order valence-corrected chi connectivity index (χ3v) is 9.52. The topological polar surface area (TPSA) is 71.8 Å². The molecule has 0 saturated carbocycles. The van der Waals surface area contributed by atoms with Crippen LogP contribution in [-0.4, -0.2) is 54.3 Å². The minimum absolute atomic E-state index is 0.0235. The van der Waals surface area contributed by atoms with Crippen molar-refractivity contribution >= 4 is 63.7 Å². The highest BCUT2D eigenvalue weighted by atomic mass is 79.9. The first kappa shape index (κ1) is 25.9. The molecule has 1 saturated heterocycles. The van der Waals surface area contributed by atoms with Gasteiger partial charge in [0.25, 0.3) is 0 Å². The fraction of sp³-hybridized carbons (Fsp3) is 0.333. The molecule has 0 radical (unpaired) electrons. The zero-order valence-electron chi connectivity index (χ0n) is 19.9. The third kappa shape index (κ3) is 5.28. The number of ether oxygens (including phenoxy) is 1. The molecule has 36 heavy (non-hydrogen) atoms. The number of aliphatic hydroxyl groups is 1. The number of sulfonamides is 1. The van der Waals surface area contributed by atoms with Gasteiger partial charge in [0.1, 0.15) is 0 Å². The number of hydrogen-bond acceptors (Lipinski definition) is 4. The second-order valence-electron chi connectivity index (χ2n) is 9.36. The molecule has 2 atom stereocenters. The van der Waals surface area contributed by atoms with Crippen molar-refractivity contribution in [3.63, 3.8) is 0 Å². The molecule has 1 N–H and O–H groups in total. The maximum atomic E-state index is 13.6. The Balaban J connectivity index is 1.47. The van der Waals surface area contributed by atoms with E-state index in [9.17, 15) is 13.5 Å². The molecule has 1 aromatic heterocycles. The van der Waals surface area contributed by atoms with Gasteiger partial charge in [-0.3, -0.25) is 0 Å². The van der Waals surface area contributed by atoms with E-state index in [0.717, 1.165) is 49.2 Å². The Morgan fingerprint density at radius 2 is 1.64 bits per heavy atom. The first-order valence-electron chi connectivity index (χ1n) is 12.0. The van der Waals surface area contributed by atoms with Gasteiger partial charge in [-0.15, -0.1) is 0 Å². The predicted octanol–water partition coefficient (Wildman–Crippen LogP) is 5.86. The average molecular weight is 636 g/mol. The number of aryl methyl sites for hydroxylation is 1. The standard InChI is InChI=1S/C27H28Br2N2O4S/c1-18-4-8-23(9-5-18)36(33,34)30(17-22-3-2-12-35-22)15-21(32)16-31-26-10-6-19(28)13-24(26)25-14-20(29)7-11-27(25)31/h4-11,13-14,21-22,32H,2-3,12,15-17H2,1H3. The molecule has 1 aliphatic heterocycles. The van der Waals surface area contributed by atoms with Crippen LogP contribution >= 0.6 is 31.9 Å². The predicted molar refractivity (Wildman–Crippen MR) is 150 cm³/mol. The molecule has 5 rings (SSSR count). The number of aliphatic hydroxyl groups excluding tert-OH is 1. The van der Waals surface area contributed by atoms with E-state index in [0.29, 0.717) is 6.61 Å². The van der Waals surface area contributed by atoms with Gasteiger partial charge in [-0.2, -0.15) is 4.31 Å². The maximum Gasteiger partial charge on any atom is 0.243 e. The van der Waals surface area contributed by atoms with Gasteiger partial charge in [0, 0.05) is 50.4 Å². The molecule has 1 aliphatic rings. The molecule has 3 aromatic carbocycles. The summed E-state index contributed by atoms with van der Waals surface area (Å²) in [5.41, 5.74) is 2.96. The Morgan fingerprint density at radius 1 is 1.03 bits per heavy atom. The van der Waals surface area contributed by atoms with E-state index in [4.69, 9.17) is 4.74 Å². The lowest BCUT2D eigenvalue weighted by atomic mass is 10.2. The second kappa shape index (κ2) is 10.6. The lowest BCUT2D eigenvalue weighted by molar-refractivity contribution is 0.0751. The van der Waals surface area contributed by atoms with E-state index >= 15 is 0 Å². The Bertz CT molecular complexity index is 1440. The third-order valence-electron chi connectivity index (χ3n) is 6.69. The van der Waals surface area contributed by atoms with Gasteiger partial charge in [0.2, 0.25) is 10.0 Å². The summed E-state index contributed by atoms with van der Waals surface area (Å²) in [6.07, 6.45) is 0.642. The van der Waals surface area contributed by atoms with Gasteiger partial charge in [0.05, 0.1) is 23.6 Å². The van der Waals surface area contributed by atoms with Crippen LogP contribution in [0.25, 0.3) is 21.8 Å². The van der Waals surface area contributed by atoms with Crippen LogP contribution in [0, 0.1) is 6.92 Å². The molecule has 2 unspecified atom stereocenters. The van der Waals surface area contributed by atoms with Gasteiger partial charge in [-0.05, 0) is 68.3 Å². The number of aromatic nitrogens is 1. The van der Waals surface area contributed by atoms with E-state index in [-0.39, 0.29) is 30.6 Å². The Labute approximate surface area is 228 Å². The highest BCUT2D eigenvalue weighted by Gasteiger charge is 2.31. The zero-order valence-corrected chi connectivity index (χ0v) is 23.9. The van der Waals surface area contributed by atoms with E-state index in [1.54, 1.807) is 24.3 Å². The van der Waals surface area contributed by atoms with Gasteiger partial charge in [-0.1, -0.05) is 49.6 Å². The van der Waals surface area contributed by atoms with Crippen LogP contribution in [-0.2, 0) is 21.3 Å². The monoisotopic (exact) mass is 634 g/mol. The summed E-state index contributed by atoms with van der Waals surface area (Å²) < 4.78 is 38.4. The molecule has 0 bridgehead atoms. The molecule has 4 aromatic rings. The minimum Gasteiger partial charge on any atom is -0.390 e. The maximum absolute atomic E-state index is 13.6. The Hall–Kier alpha value is -1.75. The van der Waals surface area contributed by atoms with E-state index in [1.165, 1.54) is 4.31 Å². The van der Waals surface area contributed by atoms with Crippen molar-refractivity contribution in [3.8, 4) is 0 Å².